The first-order valence-electron chi connectivity index (χ1n) is 7.55. The van der Waals surface area contributed by atoms with E-state index >= 15 is 0 Å². The summed E-state index contributed by atoms with van der Waals surface area (Å²) >= 11 is 0. The summed E-state index contributed by atoms with van der Waals surface area (Å²) in [5, 5.41) is 12.5. The summed E-state index contributed by atoms with van der Waals surface area (Å²) in [6, 6.07) is 7.78. The van der Waals surface area contributed by atoms with E-state index in [1.807, 2.05) is 24.3 Å². The van der Waals surface area contributed by atoms with Crippen molar-refractivity contribution in [1.29, 1.82) is 0 Å². The fourth-order valence-electron chi connectivity index (χ4n) is 2.91. The van der Waals surface area contributed by atoms with E-state index in [0.29, 0.717) is 18.0 Å². The highest BCUT2D eigenvalue weighted by atomic mass is 16.3. The van der Waals surface area contributed by atoms with Crippen molar-refractivity contribution in [3.05, 3.63) is 35.4 Å². The molecule has 1 fully saturated rings. The van der Waals surface area contributed by atoms with Crippen LogP contribution in [0.3, 0.4) is 0 Å². The highest BCUT2D eigenvalue weighted by Crippen LogP contribution is 2.36. The Morgan fingerprint density at radius 1 is 1.25 bits per heavy atom. The Morgan fingerprint density at radius 2 is 1.85 bits per heavy atom. The lowest BCUT2D eigenvalue weighted by Gasteiger charge is -2.26. The van der Waals surface area contributed by atoms with Gasteiger partial charge in [0.05, 0.1) is 6.61 Å². The van der Waals surface area contributed by atoms with E-state index in [2.05, 4.69) is 19.2 Å². The Kier molecular flexibility index (Phi) is 4.81. The molecule has 0 aromatic heterocycles. The number of aliphatic hydroxyl groups excluding tert-OH is 1. The number of hydrogen-bond donors (Lipinski definition) is 2. The second-order valence-electron chi connectivity index (χ2n) is 6.32. The number of amides is 1. The quantitative estimate of drug-likeness (QED) is 0.867. The number of carbonyl (C=O) groups is 1. The summed E-state index contributed by atoms with van der Waals surface area (Å²) in [4.78, 5) is 12.1. The van der Waals surface area contributed by atoms with Crippen molar-refractivity contribution < 1.29 is 9.90 Å². The molecule has 0 saturated heterocycles. The summed E-state index contributed by atoms with van der Waals surface area (Å²) in [5.74, 6) is 0.434. The zero-order valence-electron chi connectivity index (χ0n) is 12.5. The van der Waals surface area contributed by atoms with Crippen LogP contribution in [0.2, 0.25) is 0 Å². The van der Waals surface area contributed by atoms with Gasteiger partial charge in [0, 0.05) is 17.5 Å². The largest absolute Gasteiger partial charge is 0.396 e. The van der Waals surface area contributed by atoms with E-state index in [0.717, 1.165) is 25.7 Å². The lowest BCUT2D eigenvalue weighted by atomic mass is 9.87. The maximum atomic E-state index is 12.1. The van der Waals surface area contributed by atoms with Gasteiger partial charge in [0.15, 0.2) is 0 Å². The van der Waals surface area contributed by atoms with Crippen LogP contribution in [0, 0.1) is 5.41 Å². The molecule has 20 heavy (non-hydrogen) atoms. The van der Waals surface area contributed by atoms with Crippen molar-refractivity contribution in [3.63, 3.8) is 0 Å². The SMILES string of the molecule is CC(C)c1ccc(C(=O)NCC2(CO)CCCC2)cc1. The predicted octanol–water partition coefficient (Wildman–Crippen LogP) is 3.09. The number of benzene rings is 1. The predicted molar refractivity (Wildman–Crippen MR) is 80.9 cm³/mol. The highest BCUT2D eigenvalue weighted by molar-refractivity contribution is 5.94. The Morgan fingerprint density at radius 3 is 2.35 bits per heavy atom. The molecule has 0 spiro atoms. The van der Waals surface area contributed by atoms with E-state index < -0.39 is 0 Å². The molecule has 110 valence electrons. The average Bonchev–Trinajstić information content (AvgIpc) is 2.94. The standard InChI is InChI=1S/C17H25NO2/c1-13(2)14-5-7-15(8-6-14)16(20)18-11-17(12-19)9-3-4-10-17/h5-8,13,19H,3-4,9-12H2,1-2H3,(H,18,20). The Hall–Kier alpha value is -1.35. The van der Waals surface area contributed by atoms with Gasteiger partial charge < -0.3 is 10.4 Å². The molecule has 1 aromatic carbocycles. The smallest absolute Gasteiger partial charge is 0.251 e. The summed E-state index contributed by atoms with van der Waals surface area (Å²) in [7, 11) is 0. The molecule has 2 N–H and O–H groups in total. The van der Waals surface area contributed by atoms with Crippen LogP contribution in [0.25, 0.3) is 0 Å². The maximum Gasteiger partial charge on any atom is 0.251 e. The Bertz CT molecular complexity index is 445. The van der Waals surface area contributed by atoms with Gasteiger partial charge >= 0.3 is 0 Å². The normalized spacial score (nSPS) is 17.4. The molecule has 0 bridgehead atoms. The van der Waals surface area contributed by atoms with Crippen molar-refractivity contribution in [3.8, 4) is 0 Å². The molecule has 3 nitrogen and oxygen atoms in total. The van der Waals surface area contributed by atoms with Crippen molar-refractivity contribution >= 4 is 5.91 Å². The zero-order valence-corrected chi connectivity index (χ0v) is 12.5. The van der Waals surface area contributed by atoms with E-state index in [1.165, 1.54) is 5.56 Å². The molecule has 1 aromatic rings. The maximum absolute atomic E-state index is 12.1. The summed E-state index contributed by atoms with van der Waals surface area (Å²) in [5.41, 5.74) is 1.85. The summed E-state index contributed by atoms with van der Waals surface area (Å²) < 4.78 is 0. The minimum absolute atomic E-state index is 0.0416. The van der Waals surface area contributed by atoms with Gasteiger partial charge in [-0.25, -0.2) is 0 Å². The molecule has 1 saturated carbocycles. The van der Waals surface area contributed by atoms with Crippen LogP contribution in [-0.2, 0) is 0 Å². The fourth-order valence-corrected chi connectivity index (χ4v) is 2.91. The molecular formula is C17H25NO2. The van der Waals surface area contributed by atoms with E-state index in [-0.39, 0.29) is 17.9 Å². The number of rotatable bonds is 5. The molecule has 0 atom stereocenters. The molecular weight excluding hydrogens is 250 g/mol. The second kappa shape index (κ2) is 6.40. The van der Waals surface area contributed by atoms with E-state index in [4.69, 9.17) is 0 Å². The van der Waals surface area contributed by atoms with Crippen molar-refractivity contribution in [2.45, 2.75) is 45.4 Å². The van der Waals surface area contributed by atoms with Gasteiger partial charge in [-0.15, -0.1) is 0 Å². The fraction of sp³-hybridized carbons (Fsp3) is 0.588. The molecule has 3 heteroatoms. The van der Waals surface area contributed by atoms with Gasteiger partial charge in [-0.1, -0.05) is 38.8 Å². The van der Waals surface area contributed by atoms with Gasteiger partial charge in [-0.05, 0) is 36.5 Å². The molecule has 2 rings (SSSR count). The first-order chi connectivity index (χ1) is 9.56. The first kappa shape index (κ1) is 15.0. The van der Waals surface area contributed by atoms with Gasteiger partial charge in [-0.3, -0.25) is 4.79 Å². The monoisotopic (exact) mass is 275 g/mol. The molecule has 0 heterocycles. The molecule has 1 aliphatic rings. The molecule has 0 radical (unpaired) electrons. The lowest BCUT2D eigenvalue weighted by Crippen LogP contribution is -2.38. The third-order valence-corrected chi connectivity index (χ3v) is 4.46. The zero-order chi connectivity index (χ0) is 14.6. The number of nitrogens with one attached hydrogen (secondary N) is 1. The minimum atomic E-state index is -0.0897. The number of carbonyl (C=O) groups excluding carboxylic acids is 1. The van der Waals surface area contributed by atoms with Crippen LogP contribution in [0.5, 0.6) is 0 Å². The number of aliphatic hydroxyl groups is 1. The third-order valence-electron chi connectivity index (χ3n) is 4.46. The lowest BCUT2D eigenvalue weighted by molar-refractivity contribution is 0.0880. The summed E-state index contributed by atoms with van der Waals surface area (Å²) in [6.07, 6.45) is 4.32. The van der Waals surface area contributed by atoms with Crippen LogP contribution in [0.1, 0.15) is 61.4 Å². The van der Waals surface area contributed by atoms with Gasteiger partial charge in [0.2, 0.25) is 0 Å². The average molecular weight is 275 g/mol. The Labute approximate surface area is 121 Å². The van der Waals surface area contributed by atoms with Crippen molar-refractivity contribution in [2.24, 2.45) is 5.41 Å². The summed E-state index contributed by atoms with van der Waals surface area (Å²) in [6.45, 7) is 5.02. The Balaban J connectivity index is 1.94. The first-order valence-corrected chi connectivity index (χ1v) is 7.55. The highest BCUT2D eigenvalue weighted by Gasteiger charge is 2.33. The van der Waals surface area contributed by atoms with E-state index in [1.54, 1.807) is 0 Å². The minimum Gasteiger partial charge on any atom is -0.396 e. The van der Waals surface area contributed by atoms with Crippen LogP contribution in [-0.4, -0.2) is 24.2 Å². The van der Waals surface area contributed by atoms with Crippen LogP contribution < -0.4 is 5.32 Å². The third kappa shape index (κ3) is 3.40. The van der Waals surface area contributed by atoms with Gasteiger partial charge in [0.25, 0.3) is 5.91 Å². The molecule has 1 amide bonds. The molecule has 0 aliphatic heterocycles. The van der Waals surface area contributed by atoms with Crippen molar-refractivity contribution in [1.82, 2.24) is 5.32 Å². The van der Waals surface area contributed by atoms with Crippen LogP contribution >= 0.6 is 0 Å². The second-order valence-corrected chi connectivity index (χ2v) is 6.32. The van der Waals surface area contributed by atoms with E-state index in [9.17, 15) is 9.90 Å². The molecule has 0 unspecified atom stereocenters. The van der Waals surface area contributed by atoms with Crippen LogP contribution in [0.4, 0.5) is 0 Å². The van der Waals surface area contributed by atoms with Crippen LogP contribution in [0.15, 0.2) is 24.3 Å². The van der Waals surface area contributed by atoms with Gasteiger partial charge in [-0.2, -0.15) is 0 Å². The van der Waals surface area contributed by atoms with Crippen molar-refractivity contribution in [2.75, 3.05) is 13.2 Å². The van der Waals surface area contributed by atoms with Gasteiger partial charge in [0.1, 0.15) is 0 Å². The number of hydrogen-bond acceptors (Lipinski definition) is 2. The molecule has 1 aliphatic carbocycles. The topological polar surface area (TPSA) is 49.3 Å².